The smallest absolute Gasteiger partial charge is 0.303 e. The van der Waals surface area contributed by atoms with E-state index < -0.39 is 12.3 Å². The van der Waals surface area contributed by atoms with E-state index in [2.05, 4.69) is 31.0 Å². The van der Waals surface area contributed by atoms with Crippen LogP contribution in [0.3, 0.4) is 0 Å². The summed E-state index contributed by atoms with van der Waals surface area (Å²) in [4.78, 5) is 25.8. The van der Waals surface area contributed by atoms with Crippen molar-refractivity contribution in [2.24, 2.45) is 10.8 Å². The number of carbonyl (C=O) groups excluding carboxylic acids is 1. The normalized spacial score (nSPS) is 29.3. The first-order valence-corrected chi connectivity index (χ1v) is 14.9. The molecule has 222 valence electrons. The Hall–Kier alpha value is -2.78. The van der Waals surface area contributed by atoms with E-state index in [1.807, 2.05) is 48.5 Å². The number of aliphatic hydroxyl groups is 1. The number of carbonyl (C=O) groups is 2. The molecule has 3 N–H and O–H groups in total. The number of likely N-dealkylation sites (tertiary alicyclic amines) is 1. The number of hydrogen-bond acceptors (Lipinski definition) is 6. The van der Waals surface area contributed by atoms with Gasteiger partial charge < -0.3 is 25.0 Å². The number of nitrogens with one attached hydrogen (secondary N) is 1. The van der Waals surface area contributed by atoms with Crippen LogP contribution in [0.5, 0.6) is 0 Å². The molecule has 1 amide bonds. The number of nitrogens with zero attached hydrogens (tertiary/aromatic N) is 1. The molecule has 41 heavy (non-hydrogen) atoms. The lowest BCUT2D eigenvalue weighted by molar-refractivity contribution is -0.253. The Balaban J connectivity index is 1.33. The van der Waals surface area contributed by atoms with E-state index in [1.165, 1.54) is 19.3 Å². The van der Waals surface area contributed by atoms with Gasteiger partial charge in [0, 0.05) is 49.6 Å². The highest BCUT2D eigenvalue weighted by Crippen LogP contribution is 2.53. The summed E-state index contributed by atoms with van der Waals surface area (Å²) in [6.45, 7) is 9.16. The number of fused-ring (bicyclic) bond motifs is 2. The zero-order valence-electron chi connectivity index (χ0n) is 24.5. The molecule has 0 spiro atoms. The highest BCUT2D eigenvalue weighted by Gasteiger charge is 2.50. The van der Waals surface area contributed by atoms with E-state index in [1.54, 1.807) is 0 Å². The molecular weight excluding hydrogens is 520 g/mol. The van der Waals surface area contributed by atoms with E-state index >= 15 is 0 Å². The lowest BCUT2D eigenvalue weighted by Gasteiger charge is -2.41. The summed E-state index contributed by atoms with van der Waals surface area (Å²) in [5, 5.41) is 21.2. The zero-order chi connectivity index (χ0) is 29.2. The van der Waals surface area contributed by atoms with Gasteiger partial charge in [-0.15, -0.1) is 0 Å². The number of rotatable bonds is 10. The molecule has 1 aliphatic carbocycles. The molecule has 0 aromatic heterocycles. The van der Waals surface area contributed by atoms with Crippen molar-refractivity contribution in [3.05, 3.63) is 65.2 Å². The summed E-state index contributed by atoms with van der Waals surface area (Å²) in [5.74, 6) is -1.12. The van der Waals surface area contributed by atoms with Gasteiger partial charge in [-0.2, -0.15) is 0 Å². The molecule has 2 aliphatic heterocycles. The molecule has 5 unspecified atom stereocenters. The molecular formula is C33H44N2O6. The van der Waals surface area contributed by atoms with Crippen LogP contribution in [-0.4, -0.2) is 52.2 Å². The van der Waals surface area contributed by atoms with Crippen LogP contribution >= 0.6 is 0 Å². The molecule has 3 aliphatic rings. The molecule has 2 saturated heterocycles. The van der Waals surface area contributed by atoms with Crippen molar-refractivity contribution in [2.45, 2.75) is 96.9 Å². The van der Waals surface area contributed by atoms with Crippen LogP contribution in [0.2, 0.25) is 0 Å². The summed E-state index contributed by atoms with van der Waals surface area (Å²) in [6.07, 6.45) is 4.03. The molecule has 2 bridgehead atoms. The van der Waals surface area contributed by atoms with E-state index in [0.717, 1.165) is 36.2 Å². The minimum Gasteiger partial charge on any atom is -0.481 e. The van der Waals surface area contributed by atoms with Gasteiger partial charge in [0.25, 0.3) is 0 Å². The first-order valence-electron chi connectivity index (χ1n) is 14.9. The number of carboxylic acid groups (broad SMARTS) is 1. The Kier molecular flexibility index (Phi) is 8.85. The maximum absolute atomic E-state index is 12.4. The Morgan fingerprint density at radius 3 is 2.54 bits per heavy atom. The topological polar surface area (TPSA) is 108 Å². The van der Waals surface area contributed by atoms with Crippen molar-refractivity contribution >= 4 is 17.6 Å². The maximum Gasteiger partial charge on any atom is 0.303 e. The summed E-state index contributed by atoms with van der Waals surface area (Å²) >= 11 is 0. The van der Waals surface area contributed by atoms with Crippen molar-refractivity contribution in [3.8, 4) is 0 Å². The predicted molar refractivity (Wildman–Crippen MR) is 156 cm³/mol. The van der Waals surface area contributed by atoms with Gasteiger partial charge >= 0.3 is 5.97 Å². The minimum absolute atomic E-state index is 0.000446. The van der Waals surface area contributed by atoms with Crippen LogP contribution in [0.1, 0.15) is 94.8 Å². The van der Waals surface area contributed by atoms with Gasteiger partial charge in [-0.3, -0.25) is 14.5 Å². The second-order valence-corrected chi connectivity index (χ2v) is 13.4. The third-order valence-corrected chi connectivity index (χ3v) is 8.81. The van der Waals surface area contributed by atoms with E-state index in [-0.39, 0.29) is 37.6 Å². The third-order valence-electron chi connectivity index (χ3n) is 8.81. The van der Waals surface area contributed by atoms with Crippen molar-refractivity contribution in [1.29, 1.82) is 0 Å². The first kappa shape index (κ1) is 29.7. The van der Waals surface area contributed by atoms with Crippen LogP contribution in [0.25, 0.3) is 0 Å². The summed E-state index contributed by atoms with van der Waals surface area (Å²) in [5.41, 5.74) is 4.06. The second kappa shape index (κ2) is 12.2. The van der Waals surface area contributed by atoms with Crippen LogP contribution < -0.4 is 5.32 Å². The number of carboxylic acids is 1. The Morgan fingerprint density at radius 2 is 1.80 bits per heavy atom. The van der Waals surface area contributed by atoms with Crippen molar-refractivity contribution in [2.75, 3.05) is 18.4 Å². The molecule has 5 atom stereocenters. The molecule has 2 heterocycles. The summed E-state index contributed by atoms with van der Waals surface area (Å²) in [7, 11) is 0. The van der Waals surface area contributed by atoms with Gasteiger partial charge in [0.2, 0.25) is 5.91 Å². The first-order chi connectivity index (χ1) is 19.5. The number of aliphatic carboxylic acids is 1. The summed E-state index contributed by atoms with van der Waals surface area (Å²) in [6, 6.07) is 16.0. The van der Waals surface area contributed by atoms with Crippen LogP contribution in [0, 0.1) is 10.8 Å². The quantitative estimate of drug-likeness (QED) is 0.334. The Labute approximate surface area is 243 Å². The van der Waals surface area contributed by atoms with Gasteiger partial charge in [0.15, 0.2) is 6.29 Å². The fourth-order valence-corrected chi connectivity index (χ4v) is 7.47. The van der Waals surface area contributed by atoms with Gasteiger partial charge in [0.1, 0.15) is 0 Å². The molecule has 5 rings (SSSR count). The Bertz CT molecular complexity index is 1230. The second-order valence-electron chi connectivity index (χ2n) is 13.4. The number of aliphatic hydroxyl groups excluding tert-OH is 1. The monoisotopic (exact) mass is 564 g/mol. The average Bonchev–Trinajstić information content (AvgIpc) is 3.15. The predicted octanol–water partition coefficient (Wildman–Crippen LogP) is 5.82. The molecule has 1 saturated carbocycles. The number of anilines is 1. The van der Waals surface area contributed by atoms with Crippen LogP contribution in [0.4, 0.5) is 5.69 Å². The number of benzene rings is 2. The molecule has 8 heteroatoms. The van der Waals surface area contributed by atoms with Crippen LogP contribution in [-0.2, 0) is 25.7 Å². The van der Waals surface area contributed by atoms with Gasteiger partial charge in [-0.1, -0.05) is 57.2 Å². The van der Waals surface area contributed by atoms with Crippen molar-refractivity contribution in [1.82, 2.24) is 4.90 Å². The minimum atomic E-state index is -0.906. The molecule has 3 fully saturated rings. The highest BCUT2D eigenvalue weighted by molar-refractivity contribution is 5.90. The average molecular weight is 565 g/mol. The summed E-state index contributed by atoms with van der Waals surface area (Å²) < 4.78 is 13.2. The molecule has 0 radical (unpaired) electrons. The van der Waals surface area contributed by atoms with Crippen molar-refractivity contribution in [3.63, 3.8) is 0 Å². The van der Waals surface area contributed by atoms with Gasteiger partial charge in [0.05, 0.1) is 18.8 Å². The Morgan fingerprint density at radius 1 is 1.02 bits per heavy atom. The van der Waals surface area contributed by atoms with E-state index in [4.69, 9.17) is 14.6 Å². The maximum atomic E-state index is 12.4. The largest absolute Gasteiger partial charge is 0.481 e. The van der Waals surface area contributed by atoms with Crippen molar-refractivity contribution < 1.29 is 29.3 Å². The number of amides is 1. The van der Waals surface area contributed by atoms with Crippen LogP contribution in [0.15, 0.2) is 48.5 Å². The SMILES string of the molecule is CC1(C)CC2CC(C)(CN2CC2CC(c3ccc(CO)cc3)OC(c3cccc(NC(=O)CCCC(=O)O)c3)O2)C1. The third kappa shape index (κ3) is 7.55. The lowest BCUT2D eigenvalue weighted by atomic mass is 9.65. The fourth-order valence-electron chi connectivity index (χ4n) is 7.47. The zero-order valence-corrected chi connectivity index (χ0v) is 24.5. The van der Waals surface area contributed by atoms with E-state index in [0.29, 0.717) is 29.0 Å². The van der Waals surface area contributed by atoms with Gasteiger partial charge in [-0.05, 0) is 59.8 Å². The standard InChI is InChI=1S/C33H44N2O6/c1-32(2)16-26-17-33(3,20-32)21-35(26)18-27-15-28(23-12-10-22(19-36)11-13-23)41-31(40-27)24-6-4-7-25(14-24)34-29(37)8-5-9-30(38)39/h4,6-7,10-14,26-28,31,36H,5,8-9,15-21H2,1-3H3,(H,34,37)(H,38,39). The lowest BCUT2D eigenvalue weighted by Crippen LogP contribution is -2.42. The highest BCUT2D eigenvalue weighted by atomic mass is 16.7. The number of hydrogen-bond donors (Lipinski definition) is 3. The van der Waals surface area contributed by atoms with Gasteiger partial charge in [-0.25, -0.2) is 0 Å². The molecule has 2 aromatic carbocycles. The fraction of sp³-hybridized carbons (Fsp3) is 0.576. The molecule has 2 aromatic rings. The van der Waals surface area contributed by atoms with E-state index in [9.17, 15) is 14.7 Å². The molecule has 8 nitrogen and oxygen atoms in total. The number of ether oxygens (including phenoxy) is 2.